The fourth-order valence-corrected chi connectivity index (χ4v) is 3.80. The van der Waals surface area contributed by atoms with E-state index in [9.17, 15) is 4.79 Å². The Kier molecular flexibility index (Phi) is 3.67. The van der Waals surface area contributed by atoms with Gasteiger partial charge in [-0.05, 0) is 31.5 Å². The summed E-state index contributed by atoms with van der Waals surface area (Å²) in [7, 11) is 1.83. The summed E-state index contributed by atoms with van der Waals surface area (Å²) in [6.45, 7) is 7.60. The van der Waals surface area contributed by atoms with Gasteiger partial charge in [-0.15, -0.1) is 0 Å². The highest BCUT2D eigenvalue weighted by atomic mass is 32.1. The molecule has 0 bridgehead atoms. The lowest BCUT2D eigenvalue weighted by Gasteiger charge is -2.38. The predicted octanol–water partition coefficient (Wildman–Crippen LogP) is 1.78. The van der Waals surface area contributed by atoms with Crippen LogP contribution in [0.2, 0.25) is 0 Å². The summed E-state index contributed by atoms with van der Waals surface area (Å²) in [5, 5.41) is 3.50. The fraction of sp³-hybridized carbons (Fsp3) is 0.533. The van der Waals surface area contributed by atoms with Gasteiger partial charge in [-0.2, -0.15) is 0 Å². The van der Waals surface area contributed by atoms with E-state index in [-0.39, 0.29) is 4.87 Å². The fourth-order valence-electron chi connectivity index (χ4n) is 2.86. The Hall–Kier alpha value is -1.17. The van der Waals surface area contributed by atoms with Crippen LogP contribution < -0.4 is 10.2 Å². The third-order valence-corrected chi connectivity index (χ3v) is 5.40. The van der Waals surface area contributed by atoms with Crippen LogP contribution in [0.15, 0.2) is 23.0 Å². The van der Waals surface area contributed by atoms with Crippen molar-refractivity contribution in [3.05, 3.63) is 33.4 Å². The van der Waals surface area contributed by atoms with Crippen LogP contribution in [-0.2, 0) is 13.6 Å². The molecule has 1 saturated heterocycles. The number of rotatable bonds is 2. The Bertz CT molecular complexity index is 675. The van der Waals surface area contributed by atoms with E-state index in [4.69, 9.17) is 0 Å². The summed E-state index contributed by atoms with van der Waals surface area (Å²) in [5.74, 6) is 0. The van der Waals surface area contributed by atoms with Crippen LogP contribution >= 0.6 is 11.3 Å². The largest absolute Gasteiger partial charge is 0.311 e. The molecule has 3 rings (SSSR count). The van der Waals surface area contributed by atoms with E-state index in [1.54, 1.807) is 4.57 Å². The molecule has 0 radical (unpaired) electrons. The molecule has 2 heterocycles. The number of aromatic nitrogens is 1. The first-order valence-corrected chi connectivity index (χ1v) is 7.94. The number of hydrogen-bond donors (Lipinski definition) is 1. The third-order valence-electron chi connectivity index (χ3n) is 4.41. The first-order valence-electron chi connectivity index (χ1n) is 7.12. The highest BCUT2D eigenvalue weighted by Gasteiger charge is 2.24. The van der Waals surface area contributed by atoms with Crippen LogP contribution in [0.5, 0.6) is 0 Å². The van der Waals surface area contributed by atoms with E-state index in [1.807, 2.05) is 7.05 Å². The summed E-state index contributed by atoms with van der Waals surface area (Å²) in [6, 6.07) is 7.45. The zero-order valence-electron chi connectivity index (χ0n) is 12.2. The molecule has 1 aromatic heterocycles. The minimum atomic E-state index is 0.112. The van der Waals surface area contributed by atoms with Crippen LogP contribution in [0.25, 0.3) is 10.2 Å². The van der Waals surface area contributed by atoms with Gasteiger partial charge in [-0.25, -0.2) is 0 Å². The minimum Gasteiger partial charge on any atom is -0.311 e. The maximum Gasteiger partial charge on any atom is 0.307 e. The normalized spacial score (nSPS) is 24.4. The van der Waals surface area contributed by atoms with Gasteiger partial charge < -0.3 is 9.88 Å². The van der Waals surface area contributed by atoms with Crippen LogP contribution in [0.3, 0.4) is 0 Å². The van der Waals surface area contributed by atoms with Gasteiger partial charge in [-0.1, -0.05) is 17.4 Å². The molecule has 2 atom stereocenters. The van der Waals surface area contributed by atoms with Crippen molar-refractivity contribution < 1.29 is 0 Å². The lowest BCUT2D eigenvalue weighted by molar-refractivity contribution is 0.131. The molecule has 1 aliphatic heterocycles. The maximum absolute atomic E-state index is 11.7. The minimum absolute atomic E-state index is 0.112. The molecule has 108 valence electrons. The molecule has 1 aromatic carbocycles. The Balaban J connectivity index is 1.85. The van der Waals surface area contributed by atoms with Crippen molar-refractivity contribution in [2.24, 2.45) is 7.05 Å². The van der Waals surface area contributed by atoms with E-state index in [2.05, 4.69) is 42.3 Å². The second-order valence-electron chi connectivity index (χ2n) is 5.68. The van der Waals surface area contributed by atoms with Gasteiger partial charge in [0, 0.05) is 38.8 Å². The van der Waals surface area contributed by atoms with Crippen LogP contribution in [0.4, 0.5) is 0 Å². The molecule has 0 aliphatic carbocycles. The van der Waals surface area contributed by atoms with Gasteiger partial charge in [0.05, 0.1) is 10.2 Å². The van der Waals surface area contributed by atoms with Gasteiger partial charge in [0.25, 0.3) is 0 Å². The monoisotopic (exact) mass is 291 g/mol. The highest BCUT2D eigenvalue weighted by Crippen LogP contribution is 2.20. The topological polar surface area (TPSA) is 37.3 Å². The van der Waals surface area contributed by atoms with E-state index >= 15 is 0 Å². The lowest BCUT2D eigenvalue weighted by Crippen LogP contribution is -2.54. The molecule has 1 N–H and O–H groups in total. The zero-order valence-corrected chi connectivity index (χ0v) is 13.0. The summed E-state index contributed by atoms with van der Waals surface area (Å²) in [6.07, 6.45) is 0. The lowest BCUT2D eigenvalue weighted by atomic mass is 10.1. The van der Waals surface area contributed by atoms with E-state index in [1.165, 1.54) is 16.9 Å². The Labute approximate surface area is 123 Å². The van der Waals surface area contributed by atoms with Gasteiger partial charge in [0.1, 0.15) is 0 Å². The Morgan fingerprint density at radius 3 is 3.00 bits per heavy atom. The van der Waals surface area contributed by atoms with Gasteiger partial charge in [0.15, 0.2) is 0 Å². The number of benzene rings is 1. The van der Waals surface area contributed by atoms with Crippen LogP contribution in [0, 0.1) is 0 Å². The summed E-state index contributed by atoms with van der Waals surface area (Å²) < 4.78 is 2.81. The van der Waals surface area contributed by atoms with Crippen molar-refractivity contribution >= 4 is 21.6 Å². The summed E-state index contributed by atoms with van der Waals surface area (Å²) in [4.78, 5) is 14.3. The molecule has 0 amide bonds. The molecule has 4 nitrogen and oxygen atoms in total. The first kappa shape index (κ1) is 13.8. The number of hydrogen-bond acceptors (Lipinski definition) is 4. The number of nitrogens with one attached hydrogen (secondary N) is 1. The summed E-state index contributed by atoms with van der Waals surface area (Å²) >= 11 is 1.33. The average Bonchev–Trinajstić information content (AvgIpc) is 2.70. The molecule has 0 saturated carbocycles. The van der Waals surface area contributed by atoms with Crippen molar-refractivity contribution in [1.82, 2.24) is 14.8 Å². The van der Waals surface area contributed by atoms with Crippen LogP contribution in [-0.4, -0.2) is 34.6 Å². The molecule has 2 aromatic rings. The third kappa shape index (κ3) is 2.41. The van der Waals surface area contributed by atoms with Crippen molar-refractivity contribution in [3.63, 3.8) is 0 Å². The molecule has 1 fully saturated rings. The number of piperazine rings is 1. The second-order valence-corrected chi connectivity index (χ2v) is 6.68. The van der Waals surface area contributed by atoms with Crippen molar-refractivity contribution in [2.75, 3.05) is 13.1 Å². The predicted molar refractivity (Wildman–Crippen MR) is 84.4 cm³/mol. The second kappa shape index (κ2) is 5.31. The highest BCUT2D eigenvalue weighted by molar-refractivity contribution is 7.16. The molecule has 5 heteroatoms. The van der Waals surface area contributed by atoms with E-state index in [0.29, 0.717) is 12.1 Å². The average molecular weight is 291 g/mol. The molecular weight excluding hydrogens is 270 g/mol. The maximum atomic E-state index is 11.7. The molecule has 2 unspecified atom stereocenters. The van der Waals surface area contributed by atoms with E-state index in [0.717, 1.165) is 29.9 Å². The van der Waals surface area contributed by atoms with E-state index < -0.39 is 0 Å². The van der Waals surface area contributed by atoms with Crippen molar-refractivity contribution in [2.45, 2.75) is 32.5 Å². The number of aryl methyl sites for hydroxylation is 1. The molecule has 1 aliphatic rings. The summed E-state index contributed by atoms with van der Waals surface area (Å²) in [5.41, 5.74) is 2.32. The van der Waals surface area contributed by atoms with Gasteiger partial charge in [-0.3, -0.25) is 9.69 Å². The molecule has 0 spiro atoms. The number of fused-ring (bicyclic) bond motifs is 1. The number of thiazole rings is 1. The Morgan fingerprint density at radius 1 is 1.40 bits per heavy atom. The Morgan fingerprint density at radius 2 is 2.20 bits per heavy atom. The quantitative estimate of drug-likeness (QED) is 0.916. The molecular formula is C15H21N3OS. The van der Waals surface area contributed by atoms with Crippen LogP contribution in [0.1, 0.15) is 19.4 Å². The number of nitrogens with zero attached hydrogens (tertiary/aromatic N) is 2. The molecule has 20 heavy (non-hydrogen) atoms. The van der Waals surface area contributed by atoms with Gasteiger partial charge in [0.2, 0.25) is 0 Å². The zero-order chi connectivity index (χ0) is 14.3. The van der Waals surface area contributed by atoms with Crippen molar-refractivity contribution in [3.8, 4) is 0 Å². The van der Waals surface area contributed by atoms with Gasteiger partial charge >= 0.3 is 4.87 Å². The smallest absolute Gasteiger partial charge is 0.307 e. The van der Waals surface area contributed by atoms with Crippen molar-refractivity contribution in [1.29, 1.82) is 0 Å². The standard InChI is InChI=1S/C15H21N3OS/c1-10-11(2)18(7-6-16-10)9-12-4-5-13-14(8-12)20-15(19)17(13)3/h4-5,8,10-11,16H,6-7,9H2,1-3H3. The first-order chi connectivity index (χ1) is 9.56. The SMILES string of the molecule is CC1NCCN(Cc2ccc3c(c2)sc(=O)n3C)C1C.